The van der Waals surface area contributed by atoms with Crippen LogP contribution >= 0.6 is 0 Å². The van der Waals surface area contributed by atoms with E-state index in [1.165, 1.54) is 0 Å². The van der Waals surface area contributed by atoms with Crippen molar-refractivity contribution in [2.24, 2.45) is 0 Å². The summed E-state index contributed by atoms with van der Waals surface area (Å²) in [6.07, 6.45) is 1.14. The minimum Gasteiger partial charge on any atom is -0.354 e. The van der Waals surface area contributed by atoms with E-state index in [2.05, 4.69) is 10.6 Å². The average Bonchev–Trinajstić information content (AvgIpc) is 1.98. The van der Waals surface area contributed by atoms with Crippen molar-refractivity contribution in [2.45, 2.75) is 19.9 Å². The Morgan fingerprint density at radius 1 is 1.36 bits per heavy atom. The zero-order valence-corrected chi connectivity index (χ0v) is 9.65. The van der Waals surface area contributed by atoms with Gasteiger partial charge in [0, 0.05) is 18.8 Å². The summed E-state index contributed by atoms with van der Waals surface area (Å²) in [4.78, 5) is 11.1. The first-order valence-electron chi connectivity index (χ1n) is 4.49. The molecular weight excluding hydrogens is 204 g/mol. The van der Waals surface area contributed by atoms with Crippen molar-refractivity contribution in [1.29, 1.82) is 0 Å². The molecule has 0 spiro atoms. The quantitative estimate of drug-likeness (QED) is 0.613. The molecule has 0 aromatic heterocycles. The Labute approximate surface area is 85.2 Å². The van der Waals surface area contributed by atoms with Crippen LogP contribution in [-0.4, -0.2) is 45.5 Å². The highest BCUT2D eigenvalue weighted by Crippen LogP contribution is 1.80. The molecule has 6 heteroatoms. The average molecular weight is 222 g/mol. The lowest BCUT2D eigenvalue weighted by Gasteiger charge is -2.08. The lowest BCUT2D eigenvalue weighted by atomic mass is 10.4. The predicted octanol–water partition coefficient (Wildman–Crippen LogP) is -0.855. The van der Waals surface area contributed by atoms with Gasteiger partial charge in [0.05, 0.1) is 12.3 Å². The lowest BCUT2D eigenvalue weighted by Crippen LogP contribution is -2.38. The Morgan fingerprint density at radius 2 is 1.93 bits per heavy atom. The SMILES string of the molecule is CC(C)NCC(=O)NCCS(C)(=O)=O. The van der Waals surface area contributed by atoms with Crippen molar-refractivity contribution in [3.05, 3.63) is 0 Å². The van der Waals surface area contributed by atoms with Gasteiger partial charge in [0.25, 0.3) is 0 Å². The van der Waals surface area contributed by atoms with Gasteiger partial charge in [0.1, 0.15) is 9.84 Å². The molecule has 0 rings (SSSR count). The fourth-order valence-corrected chi connectivity index (χ4v) is 1.21. The van der Waals surface area contributed by atoms with E-state index in [1.54, 1.807) is 0 Å². The number of carbonyl (C=O) groups is 1. The van der Waals surface area contributed by atoms with Gasteiger partial charge in [-0.3, -0.25) is 4.79 Å². The Bertz CT molecular complexity index is 272. The first-order chi connectivity index (χ1) is 6.31. The minimum atomic E-state index is -2.99. The highest BCUT2D eigenvalue weighted by molar-refractivity contribution is 7.90. The van der Waals surface area contributed by atoms with Gasteiger partial charge in [-0.05, 0) is 0 Å². The zero-order chi connectivity index (χ0) is 11.2. The van der Waals surface area contributed by atoms with Gasteiger partial charge in [-0.1, -0.05) is 13.8 Å². The standard InChI is InChI=1S/C8H18N2O3S/c1-7(2)10-6-8(11)9-4-5-14(3,12)13/h7,10H,4-6H2,1-3H3,(H,9,11). The van der Waals surface area contributed by atoms with E-state index in [0.717, 1.165) is 6.26 Å². The summed E-state index contributed by atoms with van der Waals surface area (Å²) in [6.45, 7) is 4.27. The van der Waals surface area contributed by atoms with Gasteiger partial charge in [-0.25, -0.2) is 8.42 Å². The maximum absolute atomic E-state index is 11.1. The van der Waals surface area contributed by atoms with Crippen LogP contribution in [0.1, 0.15) is 13.8 Å². The summed E-state index contributed by atoms with van der Waals surface area (Å²) in [5.41, 5.74) is 0. The fraction of sp³-hybridized carbons (Fsp3) is 0.875. The van der Waals surface area contributed by atoms with Crippen LogP contribution in [0.15, 0.2) is 0 Å². The number of hydrogen-bond donors (Lipinski definition) is 2. The van der Waals surface area contributed by atoms with Gasteiger partial charge in [0.2, 0.25) is 5.91 Å². The van der Waals surface area contributed by atoms with Crippen LogP contribution in [0.4, 0.5) is 0 Å². The predicted molar refractivity (Wildman–Crippen MR) is 55.9 cm³/mol. The maximum atomic E-state index is 11.1. The molecule has 5 nitrogen and oxygen atoms in total. The van der Waals surface area contributed by atoms with Crippen LogP contribution < -0.4 is 10.6 Å². The summed E-state index contributed by atoms with van der Waals surface area (Å²) in [7, 11) is -2.99. The monoisotopic (exact) mass is 222 g/mol. The number of sulfone groups is 1. The number of carbonyl (C=O) groups excluding carboxylic acids is 1. The van der Waals surface area contributed by atoms with Crippen LogP contribution in [0, 0.1) is 0 Å². The first-order valence-corrected chi connectivity index (χ1v) is 6.55. The third-order valence-electron chi connectivity index (χ3n) is 1.47. The van der Waals surface area contributed by atoms with E-state index < -0.39 is 9.84 Å². The lowest BCUT2D eigenvalue weighted by molar-refractivity contribution is -0.120. The molecule has 2 N–H and O–H groups in total. The van der Waals surface area contributed by atoms with Gasteiger partial charge < -0.3 is 10.6 Å². The highest BCUT2D eigenvalue weighted by Gasteiger charge is 2.04. The molecule has 0 unspecified atom stereocenters. The van der Waals surface area contributed by atoms with Crippen LogP contribution in [0.5, 0.6) is 0 Å². The summed E-state index contributed by atoms with van der Waals surface area (Å²) >= 11 is 0. The molecular formula is C8H18N2O3S. The van der Waals surface area contributed by atoms with Gasteiger partial charge in [-0.15, -0.1) is 0 Å². The molecule has 0 aromatic rings. The van der Waals surface area contributed by atoms with Gasteiger partial charge in [0.15, 0.2) is 0 Å². The molecule has 0 saturated carbocycles. The second kappa shape index (κ2) is 5.98. The summed E-state index contributed by atoms with van der Waals surface area (Å²) in [6, 6.07) is 0.246. The van der Waals surface area contributed by atoms with E-state index in [-0.39, 0.29) is 30.8 Å². The smallest absolute Gasteiger partial charge is 0.233 e. The molecule has 1 amide bonds. The fourth-order valence-electron chi connectivity index (χ4n) is 0.735. The number of rotatable bonds is 6. The van der Waals surface area contributed by atoms with Crippen LogP contribution in [-0.2, 0) is 14.6 Å². The van der Waals surface area contributed by atoms with E-state index in [0.29, 0.717) is 0 Å². The van der Waals surface area contributed by atoms with Gasteiger partial charge >= 0.3 is 0 Å². The second-order valence-corrected chi connectivity index (χ2v) is 5.78. The Balaban J connectivity index is 3.55. The Morgan fingerprint density at radius 3 is 2.36 bits per heavy atom. The van der Waals surface area contributed by atoms with Crippen molar-refractivity contribution in [1.82, 2.24) is 10.6 Å². The molecule has 0 aliphatic heterocycles. The molecule has 84 valence electrons. The van der Waals surface area contributed by atoms with Crippen molar-refractivity contribution >= 4 is 15.7 Å². The number of amides is 1. The molecule has 0 atom stereocenters. The van der Waals surface area contributed by atoms with Crippen molar-refractivity contribution < 1.29 is 13.2 Å². The topological polar surface area (TPSA) is 75.3 Å². The van der Waals surface area contributed by atoms with Crippen LogP contribution in [0.25, 0.3) is 0 Å². The largest absolute Gasteiger partial charge is 0.354 e. The maximum Gasteiger partial charge on any atom is 0.233 e. The first kappa shape index (κ1) is 13.4. The summed E-state index contributed by atoms with van der Waals surface area (Å²) in [5.74, 6) is -0.192. The summed E-state index contributed by atoms with van der Waals surface area (Å²) < 4.78 is 21.4. The molecule has 14 heavy (non-hydrogen) atoms. The van der Waals surface area contributed by atoms with E-state index >= 15 is 0 Å². The minimum absolute atomic E-state index is 0.0135. The Kier molecular flexibility index (Phi) is 5.71. The van der Waals surface area contributed by atoms with E-state index in [1.807, 2.05) is 13.8 Å². The molecule has 0 aliphatic rings. The molecule has 0 bridgehead atoms. The number of hydrogen-bond acceptors (Lipinski definition) is 4. The zero-order valence-electron chi connectivity index (χ0n) is 8.83. The molecule has 0 aliphatic carbocycles. The normalized spacial score (nSPS) is 11.7. The molecule has 0 radical (unpaired) electrons. The van der Waals surface area contributed by atoms with Crippen molar-refractivity contribution in [2.75, 3.05) is 25.1 Å². The van der Waals surface area contributed by atoms with Crippen molar-refractivity contribution in [3.63, 3.8) is 0 Å². The van der Waals surface area contributed by atoms with Gasteiger partial charge in [-0.2, -0.15) is 0 Å². The molecule has 0 heterocycles. The summed E-state index contributed by atoms with van der Waals surface area (Å²) in [5, 5.41) is 5.45. The van der Waals surface area contributed by atoms with Crippen LogP contribution in [0.3, 0.4) is 0 Å². The molecule has 0 saturated heterocycles. The second-order valence-electron chi connectivity index (χ2n) is 3.52. The van der Waals surface area contributed by atoms with E-state index in [4.69, 9.17) is 0 Å². The number of nitrogens with one attached hydrogen (secondary N) is 2. The highest BCUT2D eigenvalue weighted by atomic mass is 32.2. The van der Waals surface area contributed by atoms with Crippen molar-refractivity contribution in [3.8, 4) is 0 Å². The molecule has 0 fully saturated rings. The van der Waals surface area contributed by atoms with E-state index in [9.17, 15) is 13.2 Å². The third-order valence-corrected chi connectivity index (χ3v) is 2.41. The molecule has 0 aromatic carbocycles. The third kappa shape index (κ3) is 9.47. The van der Waals surface area contributed by atoms with Crippen LogP contribution in [0.2, 0.25) is 0 Å². The Hall–Kier alpha value is -0.620.